The van der Waals surface area contributed by atoms with Gasteiger partial charge < -0.3 is 19.9 Å². The number of ether oxygens (including phenoxy) is 1. The van der Waals surface area contributed by atoms with Crippen LogP contribution in [0.25, 0.3) is 0 Å². The van der Waals surface area contributed by atoms with E-state index in [1.54, 1.807) is 12.0 Å². The van der Waals surface area contributed by atoms with E-state index in [-0.39, 0.29) is 29.7 Å². The summed E-state index contributed by atoms with van der Waals surface area (Å²) in [6, 6.07) is 7.44. The predicted molar refractivity (Wildman–Crippen MR) is 106 cm³/mol. The molecule has 0 radical (unpaired) electrons. The summed E-state index contributed by atoms with van der Waals surface area (Å²) in [6.07, 6.45) is 6.15. The van der Waals surface area contributed by atoms with Gasteiger partial charge in [-0.15, -0.1) is 0 Å². The lowest BCUT2D eigenvalue weighted by Crippen LogP contribution is -2.54. The van der Waals surface area contributed by atoms with Crippen molar-refractivity contribution in [2.75, 3.05) is 39.2 Å². The molecule has 2 aliphatic rings. The first-order valence-corrected chi connectivity index (χ1v) is 9.85. The lowest BCUT2D eigenvalue weighted by atomic mass is 9.80. The molecular weight excluding hydrogens is 342 g/mol. The molecule has 1 N–H and O–H groups in total. The minimum Gasteiger partial charge on any atom is -0.495 e. The van der Waals surface area contributed by atoms with Gasteiger partial charge in [-0.2, -0.15) is 0 Å². The molecule has 1 aliphatic heterocycles. The summed E-state index contributed by atoms with van der Waals surface area (Å²) in [7, 11) is 5.79. The summed E-state index contributed by atoms with van der Waals surface area (Å²) in [5.74, 6) is 0.290. The molecule has 148 valence electrons. The van der Waals surface area contributed by atoms with Gasteiger partial charge in [0, 0.05) is 25.0 Å². The van der Waals surface area contributed by atoms with Gasteiger partial charge in [0.1, 0.15) is 5.75 Å². The van der Waals surface area contributed by atoms with E-state index in [0.717, 1.165) is 18.5 Å². The Morgan fingerprint density at radius 1 is 1.26 bits per heavy atom. The van der Waals surface area contributed by atoms with Crippen molar-refractivity contribution in [3.63, 3.8) is 0 Å². The number of likely N-dealkylation sites (N-methyl/N-ethyl adjacent to an activating group) is 1. The number of benzene rings is 1. The summed E-state index contributed by atoms with van der Waals surface area (Å²) in [5, 5.41) is 3.15. The van der Waals surface area contributed by atoms with E-state index >= 15 is 0 Å². The van der Waals surface area contributed by atoms with Crippen LogP contribution in [0.2, 0.25) is 0 Å². The van der Waals surface area contributed by atoms with Crippen molar-refractivity contribution in [1.29, 1.82) is 0 Å². The Kier molecular flexibility index (Phi) is 6.05. The molecule has 1 aromatic rings. The summed E-state index contributed by atoms with van der Waals surface area (Å²) >= 11 is 0. The van der Waals surface area contributed by atoms with Crippen LogP contribution in [0.1, 0.15) is 38.5 Å². The number of nitrogens with one attached hydrogen (secondary N) is 1. The van der Waals surface area contributed by atoms with Gasteiger partial charge in [0.05, 0.1) is 18.7 Å². The normalized spacial score (nSPS) is 22.1. The Morgan fingerprint density at radius 3 is 2.63 bits per heavy atom. The third-order valence-corrected chi connectivity index (χ3v) is 6.20. The maximum absolute atomic E-state index is 12.8. The van der Waals surface area contributed by atoms with Crippen LogP contribution in [0.5, 0.6) is 5.75 Å². The zero-order valence-corrected chi connectivity index (χ0v) is 16.7. The van der Waals surface area contributed by atoms with Crippen molar-refractivity contribution in [3.05, 3.63) is 24.3 Å². The molecule has 2 amide bonds. The van der Waals surface area contributed by atoms with Crippen LogP contribution in [0, 0.1) is 5.92 Å². The van der Waals surface area contributed by atoms with E-state index in [0.29, 0.717) is 18.8 Å². The predicted octanol–water partition coefficient (Wildman–Crippen LogP) is 2.43. The summed E-state index contributed by atoms with van der Waals surface area (Å²) in [4.78, 5) is 29.2. The highest BCUT2D eigenvalue weighted by molar-refractivity contribution is 6.01. The summed E-state index contributed by atoms with van der Waals surface area (Å²) < 4.78 is 5.37. The molecule has 0 unspecified atom stereocenters. The molecule has 0 spiro atoms. The maximum atomic E-state index is 12.8. The molecule has 0 aromatic heterocycles. The van der Waals surface area contributed by atoms with Crippen molar-refractivity contribution in [3.8, 4) is 5.75 Å². The fraction of sp³-hybridized carbons (Fsp3) is 0.619. The van der Waals surface area contributed by atoms with Crippen molar-refractivity contribution in [1.82, 2.24) is 10.2 Å². The van der Waals surface area contributed by atoms with Crippen LogP contribution in [0.4, 0.5) is 5.69 Å². The fourth-order valence-electron chi connectivity index (χ4n) is 4.36. The first-order valence-electron chi connectivity index (χ1n) is 9.85. The molecule has 1 aromatic carbocycles. The number of nitrogens with zero attached hydrogens (tertiary/aromatic N) is 2. The minimum absolute atomic E-state index is 0.0208. The number of carbonyl (C=O) groups is 2. The molecule has 3 rings (SSSR count). The third kappa shape index (κ3) is 4.10. The van der Waals surface area contributed by atoms with Gasteiger partial charge in [0.25, 0.3) is 0 Å². The average Bonchev–Trinajstić information content (AvgIpc) is 3.08. The molecule has 2 fully saturated rings. The Labute approximate surface area is 161 Å². The highest BCUT2D eigenvalue weighted by atomic mass is 16.5. The monoisotopic (exact) mass is 373 g/mol. The topological polar surface area (TPSA) is 61.9 Å². The smallest absolute Gasteiger partial charge is 0.227 e. The van der Waals surface area contributed by atoms with E-state index in [1.165, 1.54) is 19.3 Å². The van der Waals surface area contributed by atoms with Crippen LogP contribution < -0.4 is 15.0 Å². The highest BCUT2D eigenvalue weighted by Crippen LogP contribution is 2.34. The molecule has 1 heterocycles. The molecule has 6 nitrogen and oxygen atoms in total. The van der Waals surface area contributed by atoms with Gasteiger partial charge >= 0.3 is 0 Å². The Bertz CT molecular complexity index is 683. The number of hydrogen-bond donors (Lipinski definition) is 1. The second-order valence-corrected chi connectivity index (χ2v) is 7.97. The van der Waals surface area contributed by atoms with Crippen molar-refractivity contribution in [2.24, 2.45) is 5.92 Å². The average molecular weight is 373 g/mol. The Morgan fingerprint density at radius 2 is 1.96 bits per heavy atom. The van der Waals surface area contributed by atoms with E-state index in [1.807, 2.05) is 24.3 Å². The number of rotatable bonds is 6. The molecule has 1 atom stereocenters. The third-order valence-electron chi connectivity index (χ3n) is 6.20. The first-order chi connectivity index (χ1) is 13.0. The van der Waals surface area contributed by atoms with Gasteiger partial charge in [0.2, 0.25) is 11.8 Å². The van der Waals surface area contributed by atoms with E-state index in [9.17, 15) is 9.59 Å². The molecular formula is C21H31N3O3. The van der Waals surface area contributed by atoms with Gasteiger partial charge in [0.15, 0.2) is 0 Å². The summed E-state index contributed by atoms with van der Waals surface area (Å²) in [6.45, 7) is 1.05. The molecule has 1 saturated carbocycles. The lowest BCUT2D eigenvalue weighted by Gasteiger charge is -2.43. The Hall–Kier alpha value is -2.08. The first kappa shape index (κ1) is 19.7. The van der Waals surface area contributed by atoms with Gasteiger partial charge in [-0.05, 0) is 39.1 Å². The van der Waals surface area contributed by atoms with Crippen LogP contribution >= 0.6 is 0 Å². The van der Waals surface area contributed by atoms with Crippen LogP contribution in [0.3, 0.4) is 0 Å². The van der Waals surface area contributed by atoms with E-state index in [4.69, 9.17) is 4.74 Å². The maximum Gasteiger partial charge on any atom is 0.227 e. The number of hydrogen-bond acceptors (Lipinski definition) is 4. The summed E-state index contributed by atoms with van der Waals surface area (Å²) in [5.41, 5.74) is 0.774. The SMILES string of the molecule is COc1ccccc1N1C[C@@H](C(=O)NCC2(N(C)C)CCCCC2)CC1=O. The zero-order valence-electron chi connectivity index (χ0n) is 16.7. The van der Waals surface area contributed by atoms with Crippen LogP contribution in [-0.2, 0) is 9.59 Å². The lowest BCUT2D eigenvalue weighted by molar-refractivity contribution is -0.127. The zero-order chi connectivity index (χ0) is 19.4. The van der Waals surface area contributed by atoms with Gasteiger partial charge in [-0.25, -0.2) is 0 Å². The number of methoxy groups -OCH3 is 1. The number of para-hydroxylation sites is 2. The van der Waals surface area contributed by atoms with E-state index in [2.05, 4.69) is 24.3 Å². The molecule has 1 saturated heterocycles. The minimum atomic E-state index is -0.315. The largest absolute Gasteiger partial charge is 0.495 e. The molecule has 6 heteroatoms. The molecule has 0 bridgehead atoms. The van der Waals surface area contributed by atoms with Crippen molar-refractivity contribution in [2.45, 2.75) is 44.1 Å². The number of anilines is 1. The molecule has 1 aliphatic carbocycles. The standard InChI is InChI=1S/C21H31N3O3/c1-23(2)21(11-7-4-8-12-21)15-22-20(26)16-13-19(25)24(14-16)17-9-5-6-10-18(17)27-3/h5-6,9-10,16H,4,7-8,11-15H2,1-3H3,(H,22,26)/t16-/m0/s1. The highest BCUT2D eigenvalue weighted by Gasteiger charge is 2.38. The number of carbonyl (C=O) groups excluding carboxylic acids is 2. The van der Waals surface area contributed by atoms with Gasteiger partial charge in [-0.3, -0.25) is 9.59 Å². The quantitative estimate of drug-likeness (QED) is 0.832. The second kappa shape index (κ2) is 8.30. The number of amides is 2. The second-order valence-electron chi connectivity index (χ2n) is 7.97. The van der Waals surface area contributed by atoms with Crippen molar-refractivity contribution < 1.29 is 14.3 Å². The Balaban J connectivity index is 1.64. The van der Waals surface area contributed by atoms with Crippen LogP contribution in [0.15, 0.2) is 24.3 Å². The van der Waals surface area contributed by atoms with Crippen LogP contribution in [-0.4, -0.2) is 56.5 Å². The van der Waals surface area contributed by atoms with Gasteiger partial charge in [-0.1, -0.05) is 31.4 Å². The molecule has 27 heavy (non-hydrogen) atoms. The fourth-order valence-corrected chi connectivity index (χ4v) is 4.36. The van der Waals surface area contributed by atoms with Crippen molar-refractivity contribution >= 4 is 17.5 Å². The van der Waals surface area contributed by atoms with E-state index < -0.39 is 0 Å².